The lowest BCUT2D eigenvalue weighted by Crippen LogP contribution is -2.22. The molecule has 2 N–H and O–H groups in total. The normalized spacial score (nSPS) is 17.6. The van der Waals surface area contributed by atoms with E-state index in [2.05, 4.69) is 0 Å². The van der Waals surface area contributed by atoms with Gasteiger partial charge in [0, 0.05) is 10.6 Å². The maximum Gasteiger partial charge on any atom is 0.129 e. The van der Waals surface area contributed by atoms with Crippen molar-refractivity contribution >= 4 is 11.6 Å². The van der Waals surface area contributed by atoms with Crippen LogP contribution in [0, 0.1) is 19.7 Å². The second-order valence-electron chi connectivity index (χ2n) is 4.96. The van der Waals surface area contributed by atoms with E-state index in [4.69, 9.17) is 17.3 Å². The molecule has 1 aliphatic rings. The van der Waals surface area contributed by atoms with Crippen LogP contribution >= 0.6 is 11.6 Å². The molecule has 0 unspecified atom stereocenters. The van der Waals surface area contributed by atoms with Gasteiger partial charge in [-0.2, -0.15) is 0 Å². The quantitative estimate of drug-likeness (QED) is 0.861. The molecule has 1 fully saturated rings. The summed E-state index contributed by atoms with van der Waals surface area (Å²) in [6.07, 6.45) is 3.67. The minimum Gasteiger partial charge on any atom is -0.325 e. The summed E-state index contributed by atoms with van der Waals surface area (Å²) in [6.45, 7) is 3.62. The van der Waals surface area contributed by atoms with E-state index in [1.807, 2.05) is 6.92 Å². The first-order valence-corrected chi connectivity index (χ1v) is 6.04. The van der Waals surface area contributed by atoms with Gasteiger partial charge in [0.25, 0.3) is 0 Å². The third-order valence-corrected chi connectivity index (χ3v) is 3.92. The molecule has 0 heterocycles. The van der Waals surface area contributed by atoms with Crippen LogP contribution in [0.4, 0.5) is 4.39 Å². The van der Waals surface area contributed by atoms with E-state index in [0.29, 0.717) is 17.0 Å². The molecule has 1 nitrogen and oxygen atoms in total. The number of hydrogen-bond acceptors (Lipinski definition) is 1. The highest BCUT2D eigenvalue weighted by Gasteiger charge is 2.37. The zero-order chi connectivity index (χ0) is 11.9. The smallest absolute Gasteiger partial charge is 0.129 e. The van der Waals surface area contributed by atoms with Crippen LogP contribution in [0.5, 0.6) is 0 Å². The molecule has 3 heteroatoms. The molecular formula is C13H17ClFN. The molecular weight excluding hydrogens is 225 g/mol. The lowest BCUT2D eigenvalue weighted by molar-refractivity contribution is 0.564. The van der Waals surface area contributed by atoms with Gasteiger partial charge in [0.1, 0.15) is 5.82 Å². The molecule has 0 radical (unpaired) electrons. The Morgan fingerprint density at radius 1 is 1.44 bits per heavy atom. The van der Waals surface area contributed by atoms with Crippen molar-refractivity contribution < 1.29 is 4.39 Å². The molecule has 0 bridgehead atoms. The Morgan fingerprint density at radius 3 is 2.62 bits per heavy atom. The lowest BCUT2D eigenvalue weighted by atomic mass is 9.97. The number of hydrogen-bond donors (Lipinski definition) is 1. The molecule has 1 saturated carbocycles. The fourth-order valence-corrected chi connectivity index (χ4v) is 2.27. The van der Waals surface area contributed by atoms with Crippen molar-refractivity contribution in [1.82, 2.24) is 0 Å². The van der Waals surface area contributed by atoms with Gasteiger partial charge < -0.3 is 5.73 Å². The zero-order valence-electron chi connectivity index (χ0n) is 9.74. The summed E-state index contributed by atoms with van der Waals surface area (Å²) in [5, 5.41) is 0.649. The summed E-state index contributed by atoms with van der Waals surface area (Å²) in [5.41, 5.74) is 8.19. The molecule has 1 aromatic carbocycles. The zero-order valence-corrected chi connectivity index (χ0v) is 10.5. The Labute approximate surface area is 101 Å². The monoisotopic (exact) mass is 241 g/mol. The van der Waals surface area contributed by atoms with E-state index in [1.54, 1.807) is 13.0 Å². The third kappa shape index (κ3) is 2.23. The first-order chi connectivity index (χ1) is 7.43. The summed E-state index contributed by atoms with van der Waals surface area (Å²) < 4.78 is 13.9. The maximum absolute atomic E-state index is 13.9. The fraction of sp³-hybridized carbons (Fsp3) is 0.538. The van der Waals surface area contributed by atoms with Crippen LogP contribution in [0.1, 0.15) is 36.0 Å². The van der Waals surface area contributed by atoms with Gasteiger partial charge in [0.15, 0.2) is 0 Å². The average Bonchev–Trinajstić information content (AvgIpc) is 2.94. The largest absolute Gasteiger partial charge is 0.325 e. The second-order valence-corrected chi connectivity index (χ2v) is 5.36. The minimum absolute atomic E-state index is 0.0326. The summed E-state index contributed by atoms with van der Waals surface area (Å²) in [7, 11) is 0. The van der Waals surface area contributed by atoms with Crippen LogP contribution in [0.15, 0.2) is 6.07 Å². The van der Waals surface area contributed by atoms with Crippen molar-refractivity contribution in [2.24, 2.45) is 5.73 Å². The summed E-state index contributed by atoms with van der Waals surface area (Å²) in [4.78, 5) is 0. The van der Waals surface area contributed by atoms with Crippen LogP contribution in [0.2, 0.25) is 5.02 Å². The summed E-state index contributed by atoms with van der Waals surface area (Å²) in [5.74, 6) is -0.119. The molecule has 0 spiro atoms. The highest BCUT2D eigenvalue weighted by Crippen LogP contribution is 2.37. The molecule has 0 saturated heterocycles. The van der Waals surface area contributed by atoms with Crippen molar-refractivity contribution in [2.75, 3.05) is 0 Å². The molecule has 88 valence electrons. The number of benzene rings is 1. The van der Waals surface area contributed by atoms with Crippen LogP contribution in [-0.4, -0.2) is 5.54 Å². The fourth-order valence-electron chi connectivity index (χ4n) is 1.99. The Kier molecular flexibility index (Phi) is 2.97. The van der Waals surface area contributed by atoms with E-state index < -0.39 is 0 Å². The van der Waals surface area contributed by atoms with Gasteiger partial charge in [-0.1, -0.05) is 11.6 Å². The van der Waals surface area contributed by atoms with Crippen LogP contribution in [0.3, 0.4) is 0 Å². The molecule has 1 aromatic rings. The highest BCUT2D eigenvalue weighted by molar-refractivity contribution is 6.31. The van der Waals surface area contributed by atoms with Gasteiger partial charge in [0.2, 0.25) is 0 Å². The van der Waals surface area contributed by atoms with E-state index in [1.165, 1.54) is 0 Å². The first-order valence-electron chi connectivity index (χ1n) is 5.66. The topological polar surface area (TPSA) is 26.0 Å². The Bertz CT molecular complexity index is 398. The van der Waals surface area contributed by atoms with Crippen molar-refractivity contribution in [1.29, 1.82) is 0 Å². The van der Waals surface area contributed by atoms with Gasteiger partial charge in [-0.25, -0.2) is 4.39 Å². The van der Waals surface area contributed by atoms with Gasteiger partial charge in [-0.15, -0.1) is 0 Å². The molecule has 0 amide bonds. The van der Waals surface area contributed by atoms with E-state index in [-0.39, 0.29) is 11.4 Å². The van der Waals surface area contributed by atoms with Gasteiger partial charge in [0.05, 0.1) is 0 Å². The molecule has 1 aliphatic carbocycles. The molecule has 16 heavy (non-hydrogen) atoms. The van der Waals surface area contributed by atoms with Crippen LogP contribution < -0.4 is 5.73 Å². The molecule has 0 atom stereocenters. The SMILES string of the molecule is Cc1cc(Cl)c(C)c(CCC2(N)CC2)c1F. The Hall–Kier alpha value is -0.600. The second kappa shape index (κ2) is 4.01. The van der Waals surface area contributed by atoms with Gasteiger partial charge in [-0.05, 0) is 62.3 Å². The van der Waals surface area contributed by atoms with Gasteiger partial charge >= 0.3 is 0 Å². The summed E-state index contributed by atoms with van der Waals surface area (Å²) >= 11 is 6.06. The van der Waals surface area contributed by atoms with Crippen molar-refractivity contribution in [2.45, 2.75) is 45.1 Å². The molecule has 2 rings (SSSR count). The predicted octanol–water partition coefficient (Wildman–Crippen LogP) is 3.52. The number of aryl methyl sites for hydroxylation is 1. The Morgan fingerprint density at radius 2 is 2.06 bits per heavy atom. The third-order valence-electron chi connectivity index (χ3n) is 3.53. The standard InChI is InChI=1S/C13H17ClFN/c1-8-7-11(14)9(2)10(12(8)15)3-4-13(16)5-6-13/h7H,3-6,16H2,1-2H3. The highest BCUT2D eigenvalue weighted by atomic mass is 35.5. The number of nitrogens with two attached hydrogens (primary N) is 1. The summed E-state index contributed by atoms with van der Waals surface area (Å²) in [6, 6.07) is 1.69. The van der Waals surface area contributed by atoms with Crippen LogP contribution in [-0.2, 0) is 6.42 Å². The first kappa shape index (κ1) is 11.9. The average molecular weight is 242 g/mol. The molecule has 0 aromatic heterocycles. The van der Waals surface area contributed by atoms with E-state index in [0.717, 1.165) is 30.4 Å². The Balaban J connectivity index is 2.24. The number of rotatable bonds is 3. The lowest BCUT2D eigenvalue weighted by Gasteiger charge is -2.14. The minimum atomic E-state index is -0.119. The predicted molar refractivity (Wildman–Crippen MR) is 65.4 cm³/mol. The maximum atomic E-state index is 13.9. The van der Waals surface area contributed by atoms with E-state index in [9.17, 15) is 4.39 Å². The van der Waals surface area contributed by atoms with E-state index >= 15 is 0 Å². The van der Waals surface area contributed by atoms with Crippen molar-refractivity contribution in [3.05, 3.63) is 33.6 Å². The molecule has 0 aliphatic heterocycles. The van der Waals surface area contributed by atoms with Crippen molar-refractivity contribution in [3.63, 3.8) is 0 Å². The van der Waals surface area contributed by atoms with Gasteiger partial charge in [-0.3, -0.25) is 0 Å². The van der Waals surface area contributed by atoms with Crippen LogP contribution in [0.25, 0.3) is 0 Å². The van der Waals surface area contributed by atoms with Crippen molar-refractivity contribution in [3.8, 4) is 0 Å². The number of halogens is 2.